The molecule has 5 fully saturated rings. The fourth-order valence-corrected chi connectivity index (χ4v) is 13.6. The van der Waals surface area contributed by atoms with Crippen LogP contribution in [-0.2, 0) is 77.0 Å². The standard InChI is InChI=1S/C63H91N17O13/c64-27-9-8-19-41-53(83)75-43(20-10-28-69-62(65)66)58(88)78-31-13-24-48(78)59(89)77-30-12-23-47(77)56(86)71-35-51(81)72-45(32-37-14-2-1-3-15-37)55(85)74-42(54(84)73-41)25-26-52(82)93-79-36-40-18-5-4-16-38(40)33-50(79)60(90)80-46-22-7-6-17-39(46)34-49(80)57(87)76-44(61(91)92)21-11-29-70-63(67)68/h1-5,14-16,18,39,41-50H,6-13,17,19-36,64H2,(H,71,86)(H,72,81)(H,73,84)(H,74,85)(H,75,83)(H,76,87)(H,91,92)(H4,65,66,69)(H4,67,68,70)/t39-,41-,42-,43-,44-,45-,46-,47-,48-,49-,50+/m0/s1. The maximum atomic E-state index is 15.4. The number of hydrogen-bond acceptors (Lipinski definition) is 16. The minimum atomic E-state index is -1.63. The predicted octanol–water partition coefficient (Wildman–Crippen LogP) is -2.09. The molecule has 2 aromatic rings. The summed E-state index contributed by atoms with van der Waals surface area (Å²) in [7, 11) is 0. The number of amides is 9. The summed E-state index contributed by atoms with van der Waals surface area (Å²) in [5.41, 5.74) is 30.2. The van der Waals surface area contributed by atoms with Crippen LogP contribution < -0.4 is 60.6 Å². The summed E-state index contributed by atoms with van der Waals surface area (Å²) in [6.07, 6.45) is 4.79. The first-order valence-electron chi connectivity index (χ1n) is 32.5. The number of carbonyl (C=O) groups excluding carboxylic acids is 10. The highest BCUT2D eigenvalue weighted by molar-refractivity contribution is 5.99. The van der Waals surface area contributed by atoms with Crippen LogP contribution in [0, 0.1) is 5.92 Å². The van der Waals surface area contributed by atoms with E-state index in [0.717, 1.165) is 30.4 Å². The molecule has 506 valence electrons. The van der Waals surface area contributed by atoms with Crippen LogP contribution in [0.3, 0.4) is 0 Å². The number of carboxylic acid groups (broad SMARTS) is 1. The van der Waals surface area contributed by atoms with Crippen LogP contribution in [0.1, 0.15) is 132 Å². The largest absolute Gasteiger partial charge is 0.480 e. The normalized spacial score (nSPS) is 26.0. The van der Waals surface area contributed by atoms with E-state index < -0.39 is 139 Å². The maximum absolute atomic E-state index is 15.4. The Labute approximate surface area is 540 Å². The molecule has 30 heteroatoms. The van der Waals surface area contributed by atoms with Gasteiger partial charge in [-0.25, -0.2) is 4.79 Å². The second-order valence-corrected chi connectivity index (χ2v) is 24.8. The molecule has 93 heavy (non-hydrogen) atoms. The molecule has 0 spiro atoms. The van der Waals surface area contributed by atoms with E-state index in [-0.39, 0.29) is 127 Å². The molecular weight excluding hydrogens is 1200 g/mol. The molecule has 2 aromatic carbocycles. The third-order valence-corrected chi connectivity index (χ3v) is 18.3. The van der Waals surface area contributed by atoms with Gasteiger partial charge in [-0.1, -0.05) is 67.4 Å². The molecule has 0 unspecified atom stereocenters. The first kappa shape index (κ1) is 69.9. The number of nitrogens with two attached hydrogens (primary N) is 5. The van der Waals surface area contributed by atoms with E-state index in [1.807, 2.05) is 18.2 Å². The number of carboxylic acids is 1. The van der Waals surface area contributed by atoms with Crippen LogP contribution in [0.5, 0.6) is 0 Å². The van der Waals surface area contributed by atoms with E-state index >= 15 is 9.59 Å². The van der Waals surface area contributed by atoms with Crippen molar-refractivity contribution in [3.63, 3.8) is 0 Å². The molecule has 30 nitrogen and oxygen atoms in total. The number of likely N-dealkylation sites (tertiary alicyclic amines) is 1. The van der Waals surface area contributed by atoms with E-state index in [1.165, 1.54) is 14.9 Å². The molecule has 4 saturated heterocycles. The number of nitrogens with one attached hydrogen (secondary N) is 6. The van der Waals surface area contributed by atoms with Crippen molar-refractivity contribution in [1.82, 2.24) is 51.7 Å². The van der Waals surface area contributed by atoms with Gasteiger partial charge in [0, 0.05) is 51.5 Å². The third kappa shape index (κ3) is 18.9. The highest BCUT2D eigenvalue weighted by Gasteiger charge is 2.51. The minimum Gasteiger partial charge on any atom is -0.480 e. The van der Waals surface area contributed by atoms with Gasteiger partial charge in [0.1, 0.15) is 54.4 Å². The Morgan fingerprint density at radius 1 is 0.645 bits per heavy atom. The Morgan fingerprint density at radius 3 is 1.95 bits per heavy atom. The zero-order chi connectivity index (χ0) is 66.7. The maximum Gasteiger partial charge on any atom is 0.326 e. The Balaban J connectivity index is 1.09. The summed E-state index contributed by atoms with van der Waals surface area (Å²) in [4.78, 5) is 177. The topological polar surface area (TPSA) is 457 Å². The lowest BCUT2D eigenvalue weighted by atomic mass is 9.84. The van der Waals surface area contributed by atoms with Crippen LogP contribution in [0.25, 0.3) is 0 Å². The number of fused-ring (bicyclic) bond motifs is 4. The molecule has 5 heterocycles. The Hall–Kier alpha value is -8.93. The molecule has 8 rings (SSSR count). The summed E-state index contributed by atoms with van der Waals surface area (Å²) >= 11 is 0. The number of carbonyl (C=O) groups is 11. The number of hydroxylamine groups is 2. The second-order valence-electron chi connectivity index (χ2n) is 24.8. The number of rotatable bonds is 22. The van der Waals surface area contributed by atoms with Gasteiger partial charge in [0.05, 0.1) is 13.1 Å². The Morgan fingerprint density at radius 2 is 1.26 bits per heavy atom. The number of hydrogen-bond donors (Lipinski definition) is 12. The fourth-order valence-electron chi connectivity index (χ4n) is 13.6. The summed E-state index contributed by atoms with van der Waals surface area (Å²) in [6, 6.07) is 4.39. The predicted molar refractivity (Wildman–Crippen MR) is 338 cm³/mol. The lowest BCUT2D eigenvalue weighted by Crippen LogP contribution is -2.59. The molecule has 5 aliphatic heterocycles. The van der Waals surface area contributed by atoms with Crippen LogP contribution in [0.4, 0.5) is 0 Å². The van der Waals surface area contributed by atoms with Crippen molar-refractivity contribution in [3.05, 3.63) is 71.3 Å². The van der Waals surface area contributed by atoms with Gasteiger partial charge < -0.3 is 85.2 Å². The van der Waals surface area contributed by atoms with Gasteiger partial charge in [-0.05, 0) is 125 Å². The highest BCUT2D eigenvalue weighted by Crippen LogP contribution is 2.41. The van der Waals surface area contributed by atoms with Gasteiger partial charge in [-0.2, -0.15) is 0 Å². The first-order chi connectivity index (χ1) is 44.7. The van der Waals surface area contributed by atoms with Crippen molar-refractivity contribution >= 4 is 77.0 Å². The zero-order valence-corrected chi connectivity index (χ0v) is 52.6. The van der Waals surface area contributed by atoms with Crippen LogP contribution in [-0.4, -0.2) is 202 Å². The molecule has 11 atom stereocenters. The van der Waals surface area contributed by atoms with Crippen LogP contribution in [0.2, 0.25) is 0 Å². The molecule has 17 N–H and O–H groups in total. The SMILES string of the molecule is NCCCC[C@@H]1NC(=O)[C@H](CCC(=O)ON2Cc3ccccc3C[C@@H]2C(=O)N2[C@H](C(=O)N[C@@H](CCCN=C(N)N)C(=O)O)C[C@@H]3CCCC[C@@H]32)NC(=O)[C@H](Cc2ccccc2)NC(=O)CNC(=O)[C@@H]2CCCN2C(=O)[C@@H]2CCCN2C(=O)[C@H](CCCN=C(N)N)NC1=O. The van der Waals surface area contributed by atoms with Crippen molar-refractivity contribution in [1.29, 1.82) is 0 Å². The van der Waals surface area contributed by atoms with Crippen LogP contribution >= 0.6 is 0 Å². The average molecular weight is 1290 g/mol. The molecule has 0 bridgehead atoms. The quantitative estimate of drug-likeness (QED) is 0.0342. The van der Waals surface area contributed by atoms with Gasteiger partial charge in [0.15, 0.2) is 11.9 Å². The smallest absolute Gasteiger partial charge is 0.326 e. The number of aliphatic carboxylic acids is 1. The summed E-state index contributed by atoms with van der Waals surface area (Å²) in [5.74, 6) is -8.86. The fraction of sp³-hybridized carbons (Fsp3) is 0.603. The molecule has 1 saturated carbocycles. The van der Waals surface area contributed by atoms with E-state index in [9.17, 15) is 48.3 Å². The molecule has 6 aliphatic rings. The Kier molecular flexibility index (Phi) is 25.3. The number of aliphatic imine (C=N–C) groups is 2. The van der Waals surface area contributed by atoms with Gasteiger partial charge >= 0.3 is 11.9 Å². The van der Waals surface area contributed by atoms with Gasteiger partial charge in [0.25, 0.3) is 0 Å². The first-order valence-corrected chi connectivity index (χ1v) is 32.5. The van der Waals surface area contributed by atoms with Gasteiger partial charge in [-0.3, -0.25) is 57.9 Å². The highest BCUT2D eigenvalue weighted by atomic mass is 16.7. The van der Waals surface area contributed by atoms with E-state index in [1.54, 1.807) is 41.3 Å². The van der Waals surface area contributed by atoms with Crippen molar-refractivity contribution in [3.8, 4) is 0 Å². The number of guanidine groups is 2. The number of unbranched alkanes of at least 4 members (excludes halogenated alkanes) is 1. The zero-order valence-electron chi connectivity index (χ0n) is 52.6. The average Bonchev–Trinajstić information content (AvgIpc) is 1.69. The second kappa shape index (κ2) is 33.6. The summed E-state index contributed by atoms with van der Waals surface area (Å²) in [5, 5.41) is 27.7. The molecule has 0 radical (unpaired) electrons. The minimum absolute atomic E-state index is 0.00254. The molecule has 9 amide bonds. The van der Waals surface area contributed by atoms with E-state index in [2.05, 4.69) is 41.9 Å². The lowest BCUT2D eigenvalue weighted by Gasteiger charge is -2.40. The third-order valence-electron chi connectivity index (χ3n) is 18.3. The number of nitrogens with zero attached hydrogens (tertiary/aromatic N) is 6. The van der Waals surface area contributed by atoms with Gasteiger partial charge in [-0.15, -0.1) is 5.06 Å². The number of benzene rings is 2. The molecule has 0 aromatic heterocycles. The van der Waals surface area contributed by atoms with Crippen LogP contribution in [0.15, 0.2) is 64.6 Å². The van der Waals surface area contributed by atoms with Crippen molar-refractivity contribution in [2.24, 2.45) is 44.6 Å². The lowest BCUT2D eigenvalue weighted by molar-refractivity contribution is -0.211. The van der Waals surface area contributed by atoms with E-state index in [0.29, 0.717) is 37.7 Å². The van der Waals surface area contributed by atoms with E-state index in [4.69, 9.17) is 33.5 Å². The molecule has 1 aliphatic carbocycles. The summed E-state index contributed by atoms with van der Waals surface area (Å²) in [6.45, 7) is 0.142. The molecular formula is C63H91N17O13. The Bertz CT molecular complexity index is 3090. The van der Waals surface area contributed by atoms with Crippen molar-refractivity contribution < 1.29 is 62.7 Å². The summed E-state index contributed by atoms with van der Waals surface area (Å²) < 4.78 is 0. The van der Waals surface area contributed by atoms with Gasteiger partial charge in [0.2, 0.25) is 53.2 Å². The van der Waals surface area contributed by atoms with Crippen molar-refractivity contribution in [2.45, 2.75) is 195 Å². The van der Waals surface area contributed by atoms with Crippen molar-refractivity contribution in [2.75, 3.05) is 39.3 Å². The monoisotopic (exact) mass is 1290 g/mol.